The summed E-state index contributed by atoms with van der Waals surface area (Å²) in [6, 6.07) is 4.25. The summed E-state index contributed by atoms with van der Waals surface area (Å²) in [7, 11) is 0. The lowest BCUT2D eigenvalue weighted by atomic mass is 9.96. The Labute approximate surface area is 167 Å². The topological polar surface area (TPSA) is 174 Å². The Hall–Kier alpha value is -2.69. The molecular weight excluding hydrogens is 386 g/mol. The second-order valence-corrected chi connectivity index (χ2v) is 7.78. The maximum atomic E-state index is 11.9. The van der Waals surface area contributed by atoms with E-state index in [9.17, 15) is 29.7 Å². The highest BCUT2D eigenvalue weighted by Crippen LogP contribution is 2.24. The van der Waals surface area contributed by atoms with E-state index in [1.54, 1.807) is 0 Å². The SMILES string of the molecule is CC(C)(C)NCC(O)c1ccc(O)c(COC(=O)CC(O)(CC(=O)O)C(=O)O)c1. The fraction of sp³-hybridized carbons (Fsp3) is 0.526. The molecule has 0 bridgehead atoms. The van der Waals surface area contributed by atoms with Crippen molar-refractivity contribution in [2.45, 2.75) is 57.5 Å². The number of nitrogens with one attached hydrogen (secondary N) is 1. The van der Waals surface area contributed by atoms with Gasteiger partial charge >= 0.3 is 17.9 Å². The number of rotatable bonds is 10. The highest BCUT2D eigenvalue weighted by atomic mass is 16.5. The highest BCUT2D eigenvalue weighted by Gasteiger charge is 2.41. The van der Waals surface area contributed by atoms with Crippen molar-refractivity contribution in [3.05, 3.63) is 29.3 Å². The third-order valence-electron chi connectivity index (χ3n) is 3.98. The van der Waals surface area contributed by atoms with Crippen LogP contribution in [0.3, 0.4) is 0 Å². The van der Waals surface area contributed by atoms with Gasteiger partial charge in [-0.25, -0.2) is 4.79 Å². The molecule has 0 amide bonds. The number of carboxylic acid groups (broad SMARTS) is 2. The van der Waals surface area contributed by atoms with Crippen molar-refractivity contribution in [2.24, 2.45) is 0 Å². The Bertz CT molecular complexity index is 757. The number of aliphatic hydroxyl groups is 2. The van der Waals surface area contributed by atoms with Crippen LogP contribution in [-0.4, -0.2) is 61.1 Å². The number of carbonyl (C=O) groups is 3. The number of aliphatic carboxylic acids is 2. The predicted octanol–water partition coefficient (Wildman–Crippen LogP) is 0.537. The number of phenolic OH excluding ortho intramolecular Hbond substituents is 1. The number of benzene rings is 1. The summed E-state index contributed by atoms with van der Waals surface area (Å²) >= 11 is 0. The molecular formula is C19H27NO9. The van der Waals surface area contributed by atoms with E-state index in [0.29, 0.717) is 5.56 Å². The lowest BCUT2D eigenvalue weighted by Crippen LogP contribution is -2.43. The molecule has 0 aromatic heterocycles. The number of carbonyl (C=O) groups excluding carboxylic acids is 1. The van der Waals surface area contributed by atoms with E-state index in [1.165, 1.54) is 18.2 Å². The molecule has 29 heavy (non-hydrogen) atoms. The monoisotopic (exact) mass is 413 g/mol. The molecule has 1 aromatic rings. The van der Waals surface area contributed by atoms with Crippen LogP contribution in [-0.2, 0) is 25.7 Å². The molecule has 0 spiro atoms. The Morgan fingerprint density at radius 2 is 1.76 bits per heavy atom. The first kappa shape index (κ1) is 24.3. The summed E-state index contributed by atoms with van der Waals surface area (Å²) in [5.74, 6) is -4.82. The lowest BCUT2D eigenvalue weighted by Gasteiger charge is -2.23. The number of carboxylic acids is 2. The third-order valence-corrected chi connectivity index (χ3v) is 3.98. The molecule has 1 aromatic carbocycles. The first-order valence-electron chi connectivity index (χ1n) is 8.81. The number of phenols is 1. The van der Waals surface area contributed by atoms with E-state index in [-0.39, 0.29) is 23.4 Å². The van der Waals surface area contributed by atoms with Gasteiger partial charge in [-0.15, -0.1) is 0 Å². The fourth-order valence-corrected chi connectivity index (χ4v) is 2.36. The molecule has 6 N–H and O–H groups in total. The van der Waals surface area contributed by atoms with E-state index in [4.69, 9.17) is 14.9 Å². The number of aliphatic hydroxyl groups excluding tert-OH is 1. The summed E-state index contributed by atoms with van der Waals surface area (Å²) in [5.41, 5.74) is -2.41. The number of ether oxygens (including phenoxy) is 1. The Kier molecular flexibility index (Phi) is 8.13. The van der Waals surface area contributed by atoms with Gasteiger partial charge in [0.1, 0.15) is 12.4 Å². The number of aromatic hydroxyl groups is 1. The molecule has 0 fully saturated rings. The van der Waals surface area contributed by atoms with Crippen LogP contribution in [0.4, 0.5) is 0 Å². The normalized spacial score (nSPS) is 14.7. The maximum Gasteiger partial charge on any atom is 0.336 e. The Morgan fingerprint density at radius 1 is 1.14 bits per heavy atom. The average Bonchev–Trinajstić information content (AvgIpc) is 2.57. The van der Waals surface area contributed by atoms with Crippen LogP contribution in [0.15, 0.2) is 18.2 Å². The molecule has 1 rings (SSSR count). The predicted molar refractivity (Wildman–Crippen MR) is 100 cm³/mol. The summed E-state index contributed by atoms with van der Waals surface area (Å²) < 4.78 is 4.87. The fourth-order valence-electron chi connectivity index (χ4n) is 2.36. The van der Waals surface area contributed by atoms with Crippen LogP contribution in [0.2, 0.25) is 0 Å². The Morgan fingerprint density at radius 3 is 2.28 bits per heavy atom. The van der Waals surface area contributed by atoms with E-state index in [0.717, 1.165) is 0 Å². The summed E-state index contributed by atoms with van der Waals surface area (Å²) in [4.78, 5) is 33.7. The van der Waals surface area contributed by atoms with E-state index < -0.39 is 49.1 Å². The zero-order valence-corrected chi connectivity index (χ0v) is 16.5. The van der Waals surface area contributed by atoms with Gasteiger partial charge in [-0.05, 0) is 38.5 Å². The van der Waals surface area contributed by atoms with Crippen molar-refractivity contribution in [1.29, 1.82) is 0 Å². The van der Waals surface area contributed by atoms with Gasteiger partial charge in [-0.1, -0.05) is 6.07 Å². The summed E-state index contributed by atoms with van der Waals surface area (Å²) in [6.07, 6.45) is -3.14. The van der Waals surface area contributed by atoms with Crippen molar-refractivity contribution < 1.29 is 44.7 Å². The zero-order valence-electron chi connectivity index (χ0n) is 16.5. The van der Waals surface area contributed by atoms with Gasteiger partial charge in [0.05, 0.1) is 18.9 Å². The van der Waals surface area contributed by atoms with E-state index in [2.05, 4.69) is 5.32 Å². The molecule has 0 saturated carbocycles. The van der Waals surface area contributed by atoms with Gasteiger partial charge in [0.15, 0.2) is 5.60 Å². The minimum Gasteiger partial charge on any atom is -0.508 e. The van der Waals surface area contributed by atoms with Gasteiger partial charge in [0.25, 0.3) is 0 Å². The molecule has 10 heteroatoms. The van der Waals surface area contributed by atoms with E-state index in [1.807, 2.05) is 20.8 Å². The third kappa shape index (κ3) is 8.06. The van der Waals surface area contributed by atoms with Crippen LogP contribution in [0, 0.1) is 0 Å². The maximum absolute atomic E-state index is 11.9. The van der Waals surface area contributed by atoms with Gasteiger partial charge in [-0.2, -0.15) is 0 Å². The number of hydrogen-bond donors (Lipinski definition) is 6. The minimum absolute atomic E-state index is 0.155. The quantitative estimate of drug-likeness (QED) is 0.297. The molecule has 0 aliphatic carbocycles. The second kappa shape index (κ2) is 9.68. The van der Waals surface area contributed by atoms with Crippen LogP contribution < -0.4 is 5.32 Å². The largest absolute Gasteiger partial charge is 0.508 e. The zero-order chi connectivity index (χ0) is 22.4. The average molecular weight is 413 g/mol. The van der Waals surface area contributed by atoms with Gasteiger partial charge in [0, 0.05) is 17.6 Å². The molecule has 10 nitrogen and oxygen atoms in total. The standard InChI is InChI=1S/C19H27NO9/c1-18(2,3)20-9-14(22)11-4-5-13(21)12(6-11)10-29-16(25)8-19(28,17(26)27)7-15(23)24/h4-6,14,20-22,28H,7-10H2,1-3H3,(H,23,24)(H,26,27). The summed E-state index contributed by atoms with van der Waals surface area (Å²) in [6.45, 7) is 5.59. The summed E-state index contributed by atoms with van der Waals surface area (Å²) in [5, 5.41) is 50.8. The second-order valence-electron chi connectivity index (χ2n) is 7.78. The van der Waals surface area contributed by atoms with Gasteiger partial charge < -0.3 is 35.6 Å². The van der Waals surface area contributed by atoms with E-state index >= 15 is 0 Å². The molecule has 2 atom stereocenters. The van der Waals surface area contributed by atoms with Crippen LogP contribution in [0.25, 0.3) is 0 Å². The van der Waals surface area contributed by atoms with Gasteiger partial charge in [-0.3, -0.25) is 9.59 Å². The van der Waals surface area contributed by atoms with Crippen molar-refractivity contribution >= 4 is 17.9 Å². The van der Waals surface area contributed by atoms with Crippen LogP contribution in [0.5, 0.6) is 5.75 Å². The molecule has 0 saturated heterocycles. The van der Waals surface area contributed by atoms with Crippen molar-refractivity contribution in [3.63, 3.8) is 0 Å². The molecule has 0 aliphatic rings. The van der Waals surface area contributed by atoms with Crippen molar-refractivity contribution in [3.8, 4) is 5.75 Å². The van der Waals surface area contributed by atoms with Crippen LogP contribution in [0.1, 0.15) is 50.8 Å². The molecule has 0 radical (unpaired) electrons. The Balaban J connectivity index is 2.79. The molecule has 162 valence electrons. The lowest BCUT2D eigenvalue weighted by molar-refractivity contribution is -0.172. The molecule has 2 unspecified atom stereocenters. The van der Waals surface area contributed by atoms with Crippen molar-refractivity contribution in [2.75, 3.05) is 6.54 Å². The first-order valence-corrected chi connectivity index (χ1v) is 8.81. The van der Waals surface area contributed by atoms with Crippen LogP contribution >= 0.6 is 0 Å². The van der Waals surface area contributed by atoms with Crippen molar-refractivity contribution in [1.82, 2.24) is 5.32 Å². The van der Waals surface area contributed by atoms with Gasteiger partial charge in [0.2, 0.25) is 0 Å². The first-order chi connectivity index (χ1) is 13.2. The number of β-amino-alcohol motifs (C(OH)–C–C–N with tert-alkyl or cyclic N) is 1. The molecule has 0 aliphatic heterocycles. The smallest absolute Gasteiger partial charge is 0.336 e. The molecule has 0 heterocycles. The number of hydrogen-bond acceptors (Lipinski definition) is 8. The number of esters is 1. The highest BCUT2D eigenvalue weighted by molar-refractivity contribution is 5.88. The minimum atomic E-state index is -2.80.